The predicted octanol–water partition coefficient (Wildman–Crippen LogP) is 5.21. The molecule has 0 radical (unpaired) electrons. The number of hydrogen-bond donors (Lipinski definition) is 1. The van der Waals surface area contributed by atoms with Crippen molar-refractivity contribution in [2.45, 2.75) is 32.3 Å². The third-order valence-corrected chi connectivity index (χ3v) is 4.85. The third kappa shape index (κ3) is 4.20. The number of ether oxygens (including phenoxy) is 1. The molecule has 1 aromatic heterocycles. The number of rotatable bonds is 8. The lowest BCUT2D eigenvalue weighted by molar-refractivity contribution is -0.137. The number of benzene rings is 2. The van der Waals surface area contributed by atoms with Crippen LogP contribution in [0.2, 0.25) is 5.02 Å². The van der Waals surface area contributed by atoms with Crippen LogP contribution in [0.1, 0.15) is 30.5 Å². The van der Waals surface area contributed by atoms with E-state index in [1.807, 2.05) is 43.4 Å². The molecule has 1 heterocycles. The molecule has 0 bridgehead atoms. The zero-order valence-electron chi connectivity index (χ0n) is 14.7. The first-order valence-corrected chi connectivity index (χ1v) is 9.09. The van der Waals surface area contributed by atoms with Crippen molar-refractivity contribution in [3.8, 4) is 5.75 Å². The number of para-hydroxylation sites is 1. The number of halogens is 1. The first-order chi connectivity index (χ1) is 12.6. The number of carboxylic acid groups (broad SMARTS) is 1. The van der Waals surface area contributed by atoms with Crippen LogP contribution >= 0.6 is 11.6 Å². The van der Waals surface area contributed by atoms with Crippen LogP contribution < -0.4 is 4.74 Å². The fraction of sp³-hybridized carbons (Fsp3) is 0.286. The molecule has 0 aliphatic carbocycles. The summed E-state index contributed by atoms with van der Waals surface area (Å²) in [5.74, 6) is 0.0331. The largest absolute Gasteiger partial charge is 0.487 e. The van der Waals surface area contributed by atoms with E-state index in [1.54, 1.807) is 0 Å². The lowest BCUT2D eigenvalue weighted by Gasteiger charge is -2.10. The molecule has 5 heteroatoms. The fourth-order valence-corrected chi connectivity index (χ4v) is 3.37. The van der Waals surface area contributed by atoms with Crippen molar-refractivity contribution in [1.82, 2.24) is 4.57 Å². The number of nitrogens with zero attached hydrogens (tertiary/aromatic N) is 1. The van der Waals surface area contributed by atoms with E-state index in [-0.39, 0.29) is 6.42 Å². The Kier molecular flexibility index (Phi) is 5.84. The molecule has 3 rings (SSSR count). The zero-order chi connectivity index (χ0) is 18.5. The highest BCUT2D eigenvalue weighted by molar-refractivity contribution is 6.30. The quantitative estimate of drug-likeness (QED) is 0.553. The van der Waals surface area contributed by atoms with Crippen LogP contribution in [-0.2, 0) is 24.9 Å². The second-order valence-electron chi connectivity index (χ2n) is 6.34. The van der Waals surface area contributed by atoms with Gasteiger partial charge in [0.15, 0.2) is 0 Å². The summed E-state index contributed by atoms with van der Waals surface area (Å²) in [5.41, 5.74) is 3.52. The van der Waals surface area contributed by atoms with Crippen LogP contribution in [0.3, 0.4) is 0 Å². The predicted molar refractivity (Wildman–Crippen MR) is 104 cm³/mol. The monoisotopic (exact) mass is 371 g/mol. The van der Waals surface area contributed by atoms with Gasteiger partial charge in [0.05, 0.1) is 5.69 Å². The van der Waals surface area contributed by atoms with E-state index in [9.17, 15) is 4.79 Å². The highest BCUT2D eigenvalue weighted by Gasteiger charge is 2.15. The Bertz CT molecular complexity index is 900. The highest BCUT2D eigenvalue weighted by atomic mass is 35.5. The molecule has 0 atom stereocenters. The molecule has 1 N–H and O–H groups in total. The maximum absolute atomic E-state index is 10.7. The summed E-state index contributed by atoms with van der Waals surface area (Å²) in [6, 6.07) is 15.6. The molecule has 0 unspecified atom stereocenters. The van der Waals surface area contributed by atoms with Crippen molar-refractivity contribution in [1.29, 1.82) is 0 Å². The van der Waals surface area contributed by atoms with E-state index in [0.29, 0.717) is 18.1 Å². The van der Waals surface area contributed by atoms with Crippen LogP contribution in [0.25, 0.3) is 10.9 Å². The van der Waals surface area contributed by atoms with Gasteiger partial charge in [-0.2, -0.15) is 0 Å². The van der Waals surface area contributed by atoms with Gasteiger partial charge in [0, 0.05) is 29.4 Å². The number of aliphatic carboxylic acids is 1. The van der Waals surface area contributed by atoms with Gasteiger partial charge in [-0.05, 0) is 55.2 Å². The minimum absolute atomic E-state index is 0.210. The Balaban J connectivity index is 1.82. The molecular weight excluding hydrogens is 350 g/mol. The van der Waals surface area contributed by atoms with Gasteiger partial charge in [-0.15, -0.1) is 0 Å². The Morgan fingerprint density at radius 1 is 1.12 bits per heavy atom. The average molecular weight is 372 g/mol. The van der Waals surface area contributed by atoms with Crippen molar-refractivity contribution < 1.29 is 14.6 Å². The molecule has 3 aromatic rings. The summed E-state index contributed by atoms with van der Waals surface area (Å²) in [4.78, 5) is 10.7. The summed E-state index contributed by atoms with van der Waals surface area (Å²) >= 11 is 5.92. The highest BCUT2D eigenvalue weighted by Crippen LogP contribution is 2.28. The first-order valence-electron chi connectivity index (χ1n) is 8.71. The Labute approximate surface area is 158 Å². The minimum atomic E-state index is -0.741. The number of carboxylic acids is 1. The number of aromatic nitrogens is 1. The molecule has 0 fully saturated rings. The second kappa shape index (κ2) is 8.28. The molecule has 0 saturated heterocycles. The molecule has 0 aliphatic heterocycles. The van der Waals surface area contributed by atoms with E-state index in [0.717, 1.165) is 29.8 Å². The fourth-order valence-electron chi connectivity index (χ4n) is 3.25. The molecule has 0 amide bonds. The van der Waals surface area contributed by atoms with Gasteiger partial charge in [0.2, 0.25) is 0 Å². The third-order valence-electron chi connectivity index (χ3n) is 4.60. The standard InChI is InChI=1S/C21H22ClNO3/c1-23-19-8-4-2-6-17(19)18(7-3-5-9-21(24)25)20(23)14-26-16-12-10-15(22)11-13-16/h2,4,6,8,10-13H,3,5,7,9,14H2,1H3,(H,24,25). The summed E-state index contributed by atoms with van der Waals surface area (Å²) in [6.07, 6.45) is 2.57. The van der Waals surface area contributed by atoms with E-state index in [2.05, 4.69) is 16.7 Å². The van der Waals surface area contributed by atoms with Crippen molar-refractivity contribution in [3.05, 3.63) is 64.8 Å². The van der Waals surface area contributed by atoms with Gasteiger partial charge in [-0.3, -0.25) is 4.79 Å². The summed E-state index contributed by atoms with van der Waals surface area (Å²) in [5, 5.41) is 10.7. The van der Waals surface area contributed by atoms with E-state index in [1.165, 1.54) is 10.9 Å². The number of hydrogen-bond acceptors (Lipinski definition) is 2. The zero-order valence-corrected chi connectivity index (χ0v) is 15.5. The van der Waals surface area contributed by atoms with E-state index < -0.39 is 5.97 Å². The van der Waals surface area contributed by atoms with Crippen molar-refractivity contribution in [2.75, 3.05) is 0 Å². The van der Waals surface area contributed by atoms with Crippen molar-refractivity contribution in [2.24, 2.45) is 7.05 Å². The summed E-state index contributed by atoms with van der Waals surface area (Å²) < 4.78 is 8.13. The van der Waals surface area contributed by atoms with E-state index in [4.69, 9.17) is 21.4 Å². The number of fused-ring (bicyclic) bond motifs is 1. The Hall–Kier alpha value is -2.46. The maximum Gasteiger partial charge on any atom is 0.303 e. The molecule has 2 aromatic carbocycles. The Morgan fingerprint density at radius 3 is 2.58 bits per heavy atom. The molecule has 26 heavy (non-hydrogen) atoms. The van der Waals surface area contributed by atoms with Crippen molar-refractivity contribution in [3.63, 3.8) is 0 Å². The smallest absolute Gasteiger partial charge is 0.303 e. The maximum atomic E-state index is 10.7. The summed E-state index contributed by atoms with van der Waals surface area (Å²) in [6.45, 7) is 0.459. The minimum Gasteiger partial charge on any atom is -0.487 e. The average Bonchev–Trinajstić information content (AvgIpc) is 2.90. The molecule has 136 valence electrons. The molecule has 4 nitrogen and oxygen atoms in total. The number of carbonyl (C=O) groups is 1. The number of unbranched alkanes of at least 4 members (excludes halogenated alkanes) is 1. The van der Waals surface area contributed by atoms with Gasteiger partial charge in [-0.25, -0.2) is 0 Å². The lowest BCUT2D eigenvalue weighted by atomic mass is 10.0. The van der Waals surface area contributed by atoms with Crippen LogP contribution in [0.5, 0.6) is 5.75 Å². The Morgan fingerprint density at radius 2 is 1.85 bits per heavy atom. The van der Waals surface area contributed by atoms with Crippen LogP contribution in [-0.4, -0.2) is 15.6 Å². The summed E-state index contributed by atoms with van der Waals surface area (Å²) in [7, 11) is 2.05. The van der Waals surface area contributed by atoms with Crippen LogP contribution in [0, 0.1) is 0 Å². The molecular formula is C21H22ClNO3. The van der Waals surface area contributed by atoms with Gasteiger partial charge in [0.25, 0.3) is 0 Å². The molecule has 0 aliphatic rings. The first kappa shape index (κ1) is 18.3. The second-order valence-corrected chi connectivity index (χ2v) is 6.78. The molecule has 0 saturated carbocycles. The van der Waals surface area contributed by atoms with Crippen LogP contribution in [0.4, 0.5) is 0 Å². The topological polar surface area (TPSA) is 51.5 Å². The number of aryl methyl sites for hydroxylation is 2. The van der Waals surface area contributed by atoms with Gasteiger partial charge in [-0.1, -0.05) is 29.8 Å². The van der Waals surface area contributed by atoms with Crippen LogP contribution in [0.15, 0.2) is 48.5 Å². The van der Waals surface area contributed by atoms with E-state index >= 15 is 0 Å². The lowest BCUT2D eigenvalue weighted by Crippen LogP contribution is -2.05. The normalized spacial score (nSPS) is 11.0. The van der Waals surface area contributed by atoms with Crippen molar-refractivity contribution >= 4 is 28.5 Å². The SMILES string of the molecule is Cn1c(COc2ccc(Cl)cc2)c(CCCCC(=O)O)c2ccccc21. The molecule has 0 spiro atoms. The van der Waals surface area contributed by atoms with Gasteiger partial charge < -0.3 is 14.4 Å². The van der Waals surface area contributed by atoms with Gasteiger partial charge >= 0.3 is 5.97 Å². The van der Waals surface area contributed by atoms with Gasteiger partial charge in [0.1, 0.15) is 12.4 Å².